The summed E-state index contributed by atoms with van der Waals surface area (Å²) in [6, 6.07) is 0. The van der Waals surface area contributed by atoms with Crippen molar-refractivity contribution in [3.8, 4) is 0 Å². The van der Waals surface area contributed by atoms with Gasteiger partial charge < -0.3 is 14.6 Å². The second-order valence-electron chi connectivity index (χ2n) is 4.14. The normalized spacial score (nSPS) is 17.6. The lowest BCUT2D eigenvalue weighted by Crippen LogP contribution is -2.16. The molecule has 1 unspecified atom stereocenters. The average Bonchev–Trinajstić information content (AvgIpc) is 3.01. The third-order valence-electron chi connectivity index (χ3n) is 2.81. The van der Waals surface area contributed by atoms with Crippen molar-refractivity contribution in [2.75, 3.05) is 20.2 Å². The number of aromatic nitrogens is 2. The first kappa shape index (κ1) is 11.5. The van der Waals surface area contributed by atoms with Crippen LogP contribution in [-0.2, 0) is 11.2 Å². The van der Waals surface area contributed by atoms with Gasteiger partial charge in [0.05, 0.1) is 0 Å². The van der Waals surface area contributed by atoms with Crippen LogP contribution in [0.25, 0.3) is 0 Å². The molecule has 16 heavy (non-hydrogen) atoms. The molecular weight excluding hydrogens is 206 g/mol. The molecule has 0 radical (unpaired) electrons. The molecule has 2 rings (SSSR count). The Balaban J connectivity index is 1.90. The van der Waals surface area contributed by atoms with Crippen molar-refractivity contribution < 1.29 is 9.26 Å². The Hall–Kier alpha value is -0.940. The molecule has 1 N–H and O–H groups in total. The van der Waals surface area contributed by atoms with Crippen LogP contribution in [0.4, 0.5) is 0 Å². The number of rotatable bonds is 7. The summed E-state index contributed by atoms with van der Waals surface area (Å²) in [6.07, 6.45) is 3.22. The zero-order valence-electron chi connectivity index (χ0n) is 9.90. The van der Waals surface area contributed by atoms with Crippen molar-refractivity contribution in [3.63, 3.8) is 0 Å². The Morgan fingerprint density at radius 1 is 1.56 bits per heavy atom. The van der Waals surface area contributed by atoms with Gasteiger partial charge in [0.15, 0.2) is 0 Å². The number of nitrogens with one attached hydrogen (secondary N) is 1. The number of hydrogen-bond acceptors (Lipinski definition) is 5. The average molecular weight is 225 g/mol. The Morgan fingerprint density at radius 2 is 2.38 bits per heavy atom. The van der Waals surface area contributed by atoms with Crippen molar-refractivity contribution in [3.05, 3.63) is 11.7 Å². The van der Waals surface area contributed by atoms with E-state index in [2.05, 4.69) is 22.4 Å². The van der Waals surface area contributed by atoms with E-state index in [9.17, 15) is 0 Å². The monoisotopic (exact) mass is 225 g/mol. The Bertz CT molecular complexity index is 323. The van der Waals surface area contributed by atoms with Crippen LogP contribution in [0, 0.1) is 5.92 Å². The lowest BCUT2D eigenvalue weighted by molar-refractivity contribution is 0.0751. The maximum Gasteiger partial charge on any atom is 0.228 e. The van der Waals surface area contributed by atoms with Crippen molar-refractivity contribution in [2.45, 2.75) is 32.3 Å². The van der Waals surface area contributed by atoms with E-state index in [0.717, 1.165) is 19.5 Å². The van der Waals surface area contributed by atoms with Gasteiger partial charge in [0.2, 0.25) is 11.7 Å². The summed E-state index contributed by atoms with van der Waals surface area (Å²) in [6.45, 7) is 3.91. The van der Waals surface area contributed by atoms with Gasteiger partial charge in [0.25, 0.3) is 0 Å². The summed E-state index contributed by atoms with van der Waals surface area (Å²) < 4.78 is 10.6. The lowest BCUT2D eigenvalue weighted by Gasteiger charge is -2.08. The molecule has 1 saturated carbocycles. The van der Waals surface area contributed by atoms with E-state index >= 15 is 0 Å². The van der Waals surface area contributed by atoms with Gasteiger partial charge in [-0.2, -0.15) is 4.98 Å². The molecule has 1 aliphatic carbocycles. The Kier molecular flexibility index (Phi) is 3.90. The van der Waals surface area contributed by atoms with E-state index in [1.807, 2.05) is 0 Å². The molecule has 0 saturated heterocycles. The van der Waals surface area contributed by atoms with Crippen molar-refractivity contribution in [1.82, 2.24) is 15.5 Å². The van der Waals surface area contributed by atoms with E-state index in [0.29, 0.717) is 17.6 Å². The minimum Gasteiger partial charge on any atom is -0.373 e. The summed E-state index contributed by atoms with van der Waals surface area (Å²) in [5.74, 6) is 1.99. The molecule has 1 aromatic rings. The zero-order valence-corrected chi connectivity index (χ0v) is 9.90. The van der Waals surface area contributed by atoms with Gasteiger partial charge in [0.1, 0.15) is 6.10 Å². The smallest absolute Gasteiger partial charge is 0.228 e. The number of ether oxygens (including phenoxy) is 1. The summed E-state index contributed by atoms with van der Waals surface area (Å²) in [5, 5.41) is 7.21. The highest BCUT2D eigenvalue weighted by Gasteiger charge is 2.35. The number of hydrogen-bond donors (Lipinski definition) is 1. The van der Waals surface area contributed by atoms with E-state index in [1.165, 1.54) is 12.8 Å². The molecule has 1 heterocycles. The van der Waals surface area contributed by atoms with Gasteiger partial charge in [-0.15, -0.1) is 0 Å². The fourth-order valence-electron chi connectivity index (χ4n) is 1.76. The molecule has 0 aliphatic heterocycles. The predicted molar refractivity (Wildman–Crippen MR) is 59.0 cm³/mol. The largest absolute Gasteiger partial charge is 0.373 e. The van der Waals surface area contributed by atoms with Crippen LogP contribution < -0.4 is 5.32 Å². The van der Waals surface area contributed by atoms with Gasteiger partial charge in [-0.1, -0.05) is 12.1 Å². The van der Waals surface area contributed by atoms with Crippen LogP contribution in [0.2, 0.25) is 0 Å². The summed E-state index contributed by atoms with van der Waals surface area (Å²) >= 11 is 0. The first-order valence-corrected chi connectivity index (χ1v) is 5.91. The standard InChI is InChI=1S/C11H19N3O2/c1-3-12-7-6-9-13-11(14-16-9)10(15-2)8-4-5-8/h8,10,12H,3-7H2,1-2H3. The van der Waals surface area contributed by atoms with E-state index < -0.39 is 0 Å². The second-order valence-corrected chi connectivity index (χ2v) is 4.14. The molecule has 90 valence electrons. The van der Waals surface area contributed by atoms with Gasteiger partial charge in [-0.25, -0.2) is 0 Å². The van der Waals surface area contributed by atoms with Crippen molar-refractivity contribution in [1.29, 1.82) is 0 Å². The van der Waals surface area contributed by atoms with Crippen LogP contribution in [-0.4, -0.2) is 30.3 Å². The quantitative estimate of drug-likeness (QED) is 0.709. The molecule has 1 aromatic heterocycles. The second kappa shape index (κ2) is 5.41. The maximum atomic E-state index is 5.40. The highest BCUT2D eigenvalue weighted by molar-refractivity contribution is 4.98. The number of nitrogens with zero attached hydrogens (tertiary/aromatic N) is 2. The predicted octanol–water partition coefficient (Wildman–Crippen LogP) is 1.32. The van der Waals surface area contributed by atoms with Crippen LogP contribution in [0.5, 0.6) is 0 Å². The minimum atomic E-state index is 0.0247. The van der Waals surface area contributed by atoms with Crippen molar-refractivity contribution >= 4 is 0 Å². The molecule has 5 nitrogen and oxygen atoms in total. The first-order chi connectivity index (χ1) is 7.85. The zero-order chi connectivity index (χ0) is 11.4. The van der Waals surface area contributed by atoms with Crippen molar-refractivity contribution in [2.24, 2.45) is 5.92 Å². The molecule has 1 aliphatic rings. The topological polar surface area (TPSA) is 60.2 Å². The molecule has 5 heteroatoms. The number of likely N-dealkylation sites (N-methyl/N-ethyl adjacent to an activating group) is 1. The first-order valence-electron chi connectivity index (χ1n) is 5.91. The summed E-state index contributed by atoms with van der Waals surface area (Å²) in [7, 11) is 1.71. The van der Waals surface area contributed by atoms with Crippen LogP contribution >= 0.6 is 0 Å². The third kappa shape index (κ3) is 2.80. The molecule has 0 amide bonds. The summed E-state index contributed by atoms with van der Waals surface area (Å²) in [4.78, 5) is 4.37. The Labute approximate surface area is 95.6 Å². The maximum absolute atomic E-state index is 5.40. The van der Waals surface area contributed by atoms with Crippen LogP contribution in [0.3, 0.4) is 0 Å². The molecule has 0 bridgehead atoms. The molecular formula is C11H19N3O2. The lowest BCUT2D eigenvalue weighted by atomic mass is 10.2. The fraction of sp³-hybridized carbons (Fsp3) is 0.818. The molecule has 1 atom stereocenters. The van der Waals surface area contributed by atoms with Gasteiger partial charge >= 0.3 is 0 Å². The van der Waals surface area contributed by atoms with Crippen LogP contribution in [0.1, 0.15) is 37.6 Å². The third-order valence-corrected chi connectivity index (χ3v) is 2.81. The van der Waals surface area contributed by atoms with Gasteiger partial charge in [0, 0.05) is 20.1 Å². The minimum absolute atomic E-state index is 0.0247. The number of methoxy groups -OCH3 is 1. The molecule has 0 aromatic carbocycles. The van der Waals surface area contributed by atoms with Gasteiger partial charge in [-0.3, -0.25) is 0 Å². The van der Waals surface area contributed by atoms with E-state index in [-0.39, 0.29) is 6.10 Å². The molecule has 1 fully saturated rings. The fourth-order valence-corrected chi connectivity index (χ4v) is 1.76. The van der Waals surface area contributed by atoms with Gasteiger partial charge in [-0.05, 0) is 25.3 Å². The van der Waals surface area contributed by atoms with E-state index in [1.54, 1.807) is 7.11 Å². The summed E-state index contributed by atoms with van der Waals surface area (Å²) in [5.41, 5.74) is 0. The highest BCUT2D eigenvalue weighted by atomic mass is 16.5. The SMILES string of the molecule is CCNCCc1nc(C(OC)C2CC2)no1. The van der Waals surface area contributed by atoms with Crippen LogP contribution in [0.15, 0.2) is 4.52 Å². The Morgan fingerprint density at radius 3 is 3.00 bits per heavy atom. The highest BCUT2D eigenvalue weighted by Crippen LogP contribution is 2.41. The van der Waals surface area contributed by atoms with E-state index in [4.69, 9.17) is 9.26 Å². The molecule has 0 spiro atoms.